The van der Waals surface area contributed by atoms with Gasteiger partial charge in [-0.15, -0.1) is 0 Å². The van der Waals surface area contributed by atoms with E-state index in [1.54, 1.807) is 0 Å². The first-order valence-corrected chi connectivity index (χ1v) is 7.80. The van der Waals surface area contributed by atoms with Crippen LogP contribution in [0, 0.1) is 12.8 Å². The quantitative estimate of drug-likeness (QED) is 0.792. The molecular weight excluding hydrogens is 316 g/mol. The topological polar surface area (TPSA) is 23.6 Å². The number of carbonyl (C=O) groups excluding carboxylic acids is 1. The summed E-state index contributed by atoms with van der Waals surface area (Å²) < 4.78 is 0.987. The molecule has 0 radical (unpaired) electrons. The highest BCUT2D eigenvalue weighted by Gasteiger charge is 2.17. The molecule has 0 aromatic heterocycles. The minimum Gasteiger partial charge on any atom is -0.337 e. The van der Waals surface area contributed by atoms with Gasteiger partial charge in [-0.25, -0.2) is 0 Å². The van der Waals surface area contributed by atoms with E-state index in [0.717, 1.165) is 35.2 Å². The van der Waals surface area contributed by atoms with Crippen molar-refractivity contribution in [1.82, 2.24) is 9.80 Å². The van der Waals surface area contributed by atoms with Crippen molar-refractivity contribution in [1.29, 1.82) is 0 Å². The second-order valence-corrected chi connectivity index (χ2v) is 6.77. The van der Waals surface area contributed by atoms with E-state index in [4.69, 9.17) is 0 Å². The van der Waals surface area contributed by atoms with Crippen LogP contribution in [0.25, 0.3) is 0 Å². The highest BCUT2D eigenvalue weighted by molar-refractivity contribution is 9.10. The molecule has 1 aromatic carbocycles. The molecule has 0 aliphatic heterocycles. The Hall–Kier alpha value is -0.870. The molecule has 0 aliphatic carbocycles. The van der Waals surface area contributed by atoms with Crippen molar-refractivity contribution in [3.05, 3.63) is 33.8 Å². The minimum atomic E-state index is 0.112. The third-order valence-electron chi connectivity index (χ3n) is 3.11. The number of halogens is 1. The summed E-state index contributed by atoms with van der Waals surface area (Å²) in [5, 5.41) is 0. The maximum atomic E-state index is 12.6. The van der Waals surface area contributed by atoms with Gasteiger partial charge in [0.1, 0.15) is 0 Å². The summed E-state index contributed by atoms with van der Waals surface area (Å²) in [4.78, 5) is 16.7. The predicted octanol–water partition coefficient (Wildman–Crippen LogP) is 3.42. The van der Waals surface area contributed by atoms with E-state index in [1.165, 1.54) is 0 Å². The Balaban J connectivity index is 2.87. The SMILES string of the molecule is Cc1ccc(C(=O)N(CCN(C)C)CC(C)C)cc1Br. The summed E-state index contributed by atoms with van der Waals surface area (Å²) in [6.07, 6.45) is 0. The lowest BCUT2D eigenvalue weighted by molar-refractivity contribution is 0.0724. The average Bonchev–Trinajstić information content (AvgIpc) is 2.36. The standard InChI is InChI=1S/C16H25BrN2O/c1-12(2)11-19(9-8-18(4)5)16(20)14-7-6-13(3)15(17)10-14/h6-7,10,12H,8-9,11H2,1-5H3. The van der Waals surface area contributed by atoms with Crippen LogP contribution in [0.4, 0.5) is 0 Å². The van der Waals surface area contributed by atoms with E-state index in [-0.39, 0.29) is 5.91 Å². The maximum absolute atomic E-state index is 12.6. The van der Waals surface area contributed by atoms with Gasteiger partial charge in [0.25, 0.3) is 5.91 Å². The average molecular weight is 341 g/mol. The van der Waals surface area contributed by atoms with Crippen LogP contribution in [0.5, 0.6) is 0 Å². The van der Waals surface area contributed by atoms with E-state index in [0.29, 0.717) is 5.92 Å². The Bertz CT molecular complexity index is 458. The molecule has 0 bridgehead atoms. The molecule has 1 rings (SSSR count). The van der Waals surface area contributed by atoms with Crippen LogP contribution in [-0.2, 0) is 0 Å². The van der Waals surface area contributed by atoms with Gasteiger partial charge in [-0.2, -0.15) is 0 Å². The number of hydrogen-bond donors (Lipinski definition) is 0. The van der Waals surface area contributed by atoms with Crippen molar-refractivity contribution in [2.24, 2.45) is 5.92 Å². The zero-order valence-electron chi connectivity index (χ0n) is 13.1. The van der Waals surface area contributed by atoms with Gasteiger partial charge in [0, 0.05) is 29.7 Å². The maximum Gasteiger partial charge on any atom is 0.253 e. The number of hydrogen-bond acceptors (Lipinski definition) is 2. The second-order valence-electron chi connectivity index (χ2n) is 5.91. The Kier molecular flexibility index (Phi) is 6.69. The Labute approximate surface area is 131 Å². The van der Waals surface area contributed by atoms with Crippen LogP contribution < -0.4 is 0 Å². The molecule has 0 atom stereocenters. The molecule has 0 N–H and O–H groups in total. The third-order valence-corrected chi connectivity index (χ3v) is 3.96. The fourth-order valence-electron chi connectivity index (χ4n) is 1.95. The molecule has 0 saturated carbocycles. The van der Waals surface area contributed by atoms with Gasteiger partial charge in [0.2, 0.25) is 0 Å². The summed E-state index contributed by atoms with van der Waals surface area (Å²) >= 11 is 3.50. The number of nitrogens with zero attached hydrogens (tertiary/aromatic N) is 2. The van der Waals surface area contributed by atoms with E-state index < -0.39 is 0 Å². The molecule has 0 saturated heterocycles. The monoisotopic (exact) mass is 340 g/mol. The predicted molar refractivity (Wildman–Crippen MR) is 88.2 cm³/mol. The number of amides is 1. The van der Waals surface area contributed by atoms with Crippen LogP contribution in [-0.4, -0.2) is 49.4 Å². The smallest absolute Gasteiger partial charge is 0.253 e. The molecule has 112 valence electrons. The van der Waals surface area contributed by atoms with Crippen molar-refractivity contribution in [2.45, 2.75) is 20.8 Å². The third kappa shape index (κ3) is 5.25. The highest BCUT2D eigenvalue weighted by Crippen LogP contribution is 2.19. The number of rotatable bonds is 6. The Morgan fingerprint density at radius 3 is 2.40 bits per heavy atom. The van der Waals surface area contributed by atoms with E-state index >= 15 is 0 Å². The zero-order chi connectivity index (χ0) is 15.3. The minimum absolute atomic E-state index is 0.112. The molecule has 0 aliphatic rings. The summed E-state index contributed by atoms with van der Waals surface area (Å²) in [6.45, 7) is 8.73. The van der Waals surface area contributed by atoms with Gasteiger partial charge in [0.05, 0.1) is 0 Å². The largest absolute Gasteiger partial charge is 0.337 e. The molecule has 0 spiro atoms. The van der Waals surface area contributed by atoms with E-state index in [9.17, 15) is 4.79 Å². The van der Waals surface area contributed by atoms with Gasteiger partial charge in [-0.1, -0.05) is 35.8 Å². The molecule has 1 amide bonds. The normalized spacial score (nSPS) is 11.2. The highest BCUT2D eigenvalue weighted by atomic mass is 79.9. The summed E-state index contributed by atoms with van der Waals surface area (Å²) in [5.41, 5.74) is 1.90. The molecule has 4 heteroatoms. The summed E-state index contributed by atoms with van der Waals surface area (Å²) in [5.74, 6) is 0.580. The number of carbonyl (C=O) groups is 1. The van der Waals surface area contributed by atoms with Crippen LogP contribution in [0.3, 0.4) is 0 Å². The summed E-state index contributed by atoms with van der Waals surface area (Å²) in [7, 11) is 4.06. The van der Waals surface area contributed by atoms with Crippen molar-refractivity contribution >= 4 is 21.8 Å². The van der Waals surface area contributed by atoms with Gasteiger partial charge < -0.3 is 9.80 Å². The van der Waals surface area contributed by atoms with E-state index in [1.807, 2.05) is 44.1 Å². The molecular formula is C16H25BrN2O. The lowest BCUT2D eigenvalue weighted by Crippen LogP contribution is -2.39. The lowest BCUT2D eigenvalue weighted by Gasteiger charge is -2.26. The van der Waals surface area contributed by atoms with Crippen molar-refractivity contribution in [3.63, 3.8) is 0 Å². The number of aryl methyl sites for hydroxylation is 1. The Morgan fingerprint density at radius 2 is 1.90 bits per heavy atom. The first kappa shape index (κ1) is 17.2. The van der Waals surface area contributed by atoms with Crippen LogP contribution in [0.1, 0.15) is 29.8 Å². The van der Waals surface area contributed by atoms with E-state index in [2.05, 4.69) is 34.7 Å². The van der Waals surface area contributed by atoms with Crippen LogP contribution >= 0.6 is 15.9 Å². The Morgan fingerprint density at radius 1 is 1.25 bits per heavy atom. The fourth-order valence-corrected chi connectivity index (χ4v) is 2.32. The number of benzene rings is 1. The van der Waals surface area contributed by atoms with Crippen molar-refractivity contribution < 1.29 is 4.79 Å². The number of likely N-dealkylation sites (N-methyl/N-ethyl adjacent to an activating group) is 1. The fraction of sp³-hybridized carbons (Fsp3) is 0.562. The summed E-state index contributed by atoms with van der Waals surface area (Å²) in [6, 6.07) is 5.81. The van der Waals surface area contributed by atoms with Gasteiger partial charge >= 0.3 is 0 Å². The lowest BCUT2D eigenvalue weighted by atomic mass is 10.1. The van der Waals surface area contributed by atoms with Gasteiger partial charge in [0.15, 0.2) is 0 Å². The molecule has 0 heterocycles. The molecule has 0 fully saturated rings. The van der Waals surface area contributed by atoms with Crippen molar-refractivity contribution in [2.75, 3.05) is 33.7 Å². The molecule has 20 heavy (non-hydrogen) atoms. The first-order valence-electron chi connectivity index (χ1n) is 7.01. The second kappa shape index (κ2) is 7.79. The van der Waals surface area contributed by atoms with Crippen molar-refractivity contribution in [3.8, 4) is 0 Å². The molecule has 3 nitrogen and oxygen atoms in total. The molecule has 0 unspecified atom stereocenters. The van der Waals surface area contributed by atoms with Gasteiger partial charge in [-0.05, 0) is 44.6 Å². The van der Waals surface area contributed by atoms with Crippen LogP contribution in [0.15, 0.2) is 22.7 Å². The van der Waals surface area contributed by atoms with Gasteiger partial charge in [-0.3, -0.25) is 4.79 Å². The molecule has 1 aromatic rings. The van der Waals surface area contributed by atoms with Crippen LogP contribution in [0.2, 0.25) is 0 Å². The first-order chi connectivity index (χ1) is 9.31. The zero-order valence-corrected chi connectivity index (χ0v) is 14.7.